The average Bonchev–Trinajstić information content (AvgIpc) is 2.15. The van der Waals surface area contributed by atoms with E-state index in [0.29, 0.717) is 12.0 Å². The first-order chi connectivity index (χ1) is 7.66. The van der Waals surface area contributed by atoms with Gasteiger partial charge >= 0.3 is 6.18 Å². The molecule has 0 aromatic heterocycles. The molecule has 0 aromatic carbocycles. The number of aliphatic hydroxyl groups excluding tert-OH is 1. The zero-order valence-electron chi connectivity index (χ0n) is 9.98. The van der Waals surface area contributed by atoms with E-state index in [1.165, 1.54) is 0 Å². The van der Waals surface area contributed by atoms with E-state index < -0.39 is 23.3 Å². The van der Waals surface area contributed by atoms with Gasteiger partial charge in [-0.3, -0.25) is 4.79 Å². The smallest absolute Gasteiger partial charge is 0.454 e. The van der Waals surface area contributed by atoms with Gasteiger partial charge in [0, 0.05) is 5.57 Å². The number of halogens is 3. The van der Waals surface area contributed by atoms with Crippen LogP contribution in [0.5, 0.6) is 0 Å². The molecular formula is C12H15F3O2. The first-order valence-electron chi connectivity index (χ1n) is 5.40. The number of carbonyl (C=O) groups is 1. The molecular weight excluding hydrogens is 233 g/mol. The highest BCUT2D eigenvalue weighted by atomic mass is 19.4. The first-order valence-corrected chi connectivity index (χ1v) is 5.40. The van der Waals surface area contributed by atoms with Crippen molar-refractivity contribution in [3.63, 3.8) is 0 Å². The summed E-state index contributed by atoms with van der Waals surface area (Å²) in [6.45, 7) is 5.31. The van der Waals surface area contributed by atoms with Gasteiger partial charge in [-0.15, -0.1) is 0 Å². The molecule has 5 heteroatoms. The van der Waals surface area contributed by atoms with Gasteiger partial charge in [-0.05, 0) is 31.3 Å². The summed E-state index contributed by atoms with van der Waals surface area (Å²) >= 11 is 0. The Kier molecular flexibility index (Phi) is 3.69. The fourth-order valence-electron chi connectivity index (χ4n) is 2.09. The molecule has 1 N–H and O–H groups in total. The summed E-state index contributed by atoms with van der Waals surface area (Å²) in [6.07, 6.45) is -4.59. The van der Waals surface area contributed by atoms with Crippen LogP contribution >= 0.6 is 0 Å². The Labute approximate surface area is 97.8 Å². The number of hydrogen-bond acceptors (Lipinski definition) is 2. The molecule has 0 unspecified atom stereocenters. The van der Waals surface area contributed by atoms with Crippen LogP contribution in [0, 0.1) is 5.92 Å². The number of rotatable bonds is 2. The molecule has 0 aromatic rings. The fourth-order valence-corrected chi connectivity index (χ4v) is 2.09. The lowest BCUT2D eigenvalue weighted by Gasteiger charge is -2.23. The number of Topliss-reactive ketones (excluding diaryl/α,β-unsaturated/α-hetero) is 1. The predicted octanol–water partition coefficient (Wildman–Crippen LogP) is 3.70. The lowest BCUT2D eigenvalue weighted by atomic mass is 9.84. The van der Waals surface area contributed by atoms with Gasteiger partial charge in [-0.2, -0.15) is 13.2 Å². The normalized spacial score (nSPS) is 18.1. The van der Waals surface area contributed by atoms with Crippen molar-refractivity contribution in [1.82, 2.24) is 0 Å². The van der Waals surface area contributed by atoms with Crippen LogP contribution in [0.15, 0.2) is 22.5 Å². The third kappa shape index (κ3) is 2.70. The van der Waals surface area contributed by atoms with Crippen LogP contribution in [-0.2, 0) is 4.79 Å². The zero-order valence-corrected chi connectivity index (χ0v) is 9.98. The van der Waals surface area contributed by atoms with Crippen molar-refractivity contribution < 1.29 is 23.1 Å². The number of hydrogen-bond donors (Lipinski definition) is 1. The summed E-state index contributed by atoms with van der Waals surface area (Å²) in [5.41, 5.74) is 0.798. The van der Waals surface area contributed by atoms with E-state index in [2.05, 4.69) is 0 Å². The molecule has 0 amide bonds. The van der Waals surface area contributed by atoms with E-state index in [0.717, 1.165) is 5.57 Å². The van der Waals surface area contributed by atoms with Crippen LogP contribution < -0.4 is 0 Å². The van der Waals surface area contributed by atoms with Crippen LogP contribution in [0.3, 0.4) is 0 Å². The Bertz CT molecular complexity index is 400. The maximum absolute atomic E-state index is 12.3. The van der Waals surface area contributed by atoms with Crippen molar-refractivity contribution in [1.29, 1.82) is 0 Å². The van der Waals surface area contributed by atoms with Crippen LogP contribution in [0.25, 0.3) is 0 Å². The summed E-state index contributed by atoms with van der Waals surface area (Å²) in [6, 6.07) is 0. The minimum atomic E-state index is -4.92. The molecule has 0 fully saturated rings. The summed E-state index contributed by atoms with van der Waals surface area (Å²) in [5.74, 6) is -2.52. The monoisotopic (exact) mass is 248 g/mol. The number of carbonyl (C=O) groups excluding carboxylic acids is 1. The third-order valence-electron chi connectivity index (χ3n) is 2.86. The van der Waals surface area contributed by atoms with Gasteiger partial charge < -0.3 is 5.11 Å². The summed E-state index contributed by atoms with van der Waals surface area (Å²) < 4.78 is 37.0. The molecule has 0 heterocycles. The molecule has 0 radical (unpaired) electrons. The molecule has 0 saturated heterocycles. The quantitative estimate of drug-likeness (QED) is 0.809. The first kappa shape index (κ1) is 13.8. The fraction of sp³-hybridized carbons (Fsp3) is 0.583. The van der Waals surface area contributed by atoms with Gasteiger partial charge in [-0.25, -0.2) is 0 Å². The SMILES string of the molecule is CC1=C(C(C)C)C(O)=C(C(=O)C(F)(F)F)CC1. The molecule has 96 valence electrons. The van der Waals surface area contributed by atoms with E-state index in [-0.39, 0.29) is 12.3 Å². The molecule has 2 nitrogen and oxygen atoms in total. The molecule has 1 aliphatic rings. The van der Waals surface area contributed by atoms with E-state index >= 15 is 0 Å². The van der Waals surface area contributed by atoms with Crippen molar-refractivity contribution in [2.24, 2.45) is 5.92 Å². The molecule has 0 bridgehead atoms. The van der Waals surface area contributed by atoms with E-state index in [9.17, 15) is 23.1 Å². The maximum atomic E-state index is 12.3. The predicted molar refractivity (Wildman–Crippen MR) is 57.5 cm³/mol. The largest absolute Gasteiger partial charge is 0.507 e. The molecule has 1 aliphatic carbocycles. The van der Waals surface area contributed by atoms with Crippen LogP contribution in [0.1, 0.15) is 33.6 Å². The maximum Gasteiger partial charge on any atom is 0.454 e. The molecule has 0 aliphatic heterocycles. The van der Waals surface area contributed by atoms with Gasteiger partial charge in [0.25, 0.3) is 5.78 Å². The molecule has 0 spiro atoms. The molecule has 1 rings (SSSR count). The lowest BCUT2D eigenvalue weighted by molar-refractivity contribution is -0.166. The minimum Gasteiger partial charge on any atom is -0.507 e. The Morgan fingerprint density at radius 3 is 2.24 bits per heavy atom. The minimum absolute atomic E-state index is 0.0494. The second kappa shape index (κ2) is 4.55. The Hall–Kier alpha value is -1.26. The Morgan fingerprint density at radius 2 is 1.82 bits per heavy atom. The van der Waals surface area contributed by atoms with Crippen molar-refractivity contribution in [2.45, 2.75) is 39.8 Å². The van der Waals surface area contributed by atoms with Gasteiger partial charge in [0.2, 0.25) is 0 Å². The van der Waals surface area contributed by atoms with Crippen LogP contribution in [0.2, 0.25) is 0 Å². The number of allylic oxidation sites excluding steroid dienone is 3. The van der Waals surface area contributed by atoms with Crippen LogP contribution in [-0.4, -0.2) is 17.1 Å². The van der Waals surface area contributed by atoms with Crippen LogP contribution in [0.4, 0.5) is 13.2 Å². The summed E-state index contributed by atoms with van der Waals surface area (Å²) in [4.78, 5) is 11.1. The van der Waals surface area contributed by atoms with Gasteiger partial charge in [0.1, 0.15) is 5.76 Å². The van der Waals surface area contributed by atoms with Crippen molar-refractivity contribution in [2.75, 3.05) is 0 Å². The topological polar surface area (TPSA) is 37.3 Å². The van der Waals surface area contributed by atoms with Gasteiger partial charge in [-0.1, -0.05) is 19.4 Å². The van der Waals surface area contributed by atoms with Crippen molar-refractivity contribution >= 4 is 5.78 Å². The highest BCUT2D eigenvalue weighted by molar-refractivity contribution is 6.00. The van der Waals surface area contributed by atoms with Gasteiger partial charge in [0.05, 0.1) is 0 Å². The molecule has 17 heavy (non-hydrogen) atoms. The summed E-state index contributed by atoms with van der Waals surface area (Å²) in [7, 11) is 0. The number of alkyl halides is 3. The lowest BCUT2D eigenvalue weighted by Crippen LogP contribution is -2.27. The molecule has 0 atom stereocenters. The number of aliphatic hydroxyl groups is 1. The zero-order chi connectivity index (χ0) is 13.4. The van der Waals surface area contributed by atoms with E-state index in [4.69, 9.17) is 0 Å². The van der Waals surface area contributed by atoms with Crippen molar-refractivity contribution in [3.8, 4) is 0 Å². The van der Waals surface area contributed by atoms with Gasteiger partial charge in [0.15, 0.2) is 0 Å². The average molecular weight is 248 g/mol. The number of ketones is 1. The van der Waals surface area contributed by atoms with E-state index in [1.54, 1.807) is 20.8 Å². The Balaban J connectivity index is 3.23. The van der Waals surface area contributed by atoms with E-state index in [1.807, 2.05) is 0 Å². The summed E-state index contributed by atoms with van der Waals surface area (Å²) in [5, 5.41) is 9.80. The standard InChI is InChI=1S/C12H15F3O2/c1-6(2)9-7(3)4-5-8(10(9)16)11(17)12(13,14)15/h6,16H,4-5H2,1-3H3. The van der Waals surface area contributed by atoms with Crippen molar-refractivity contribution in [3.05, 3.63) is 22.5 Å². The highest BCUT2D eigenvalue weighted by Gasteiger charge is 2.43. The second-order valence-electron chi connectivity index (χ2n) is 4.50. The third-order valence-corrected chi connectivity index (χ3v) is 2.86. The molecule has 0 saturated carbocycles. The highest BCUT2D eigenvalue weighted by Crippen LogP contribution is 2.36. The Morgan fingerprint density at radius 1 is 1.29 bits per heavy atom. The second-order valence-corrected chi connectivity index (χ2v) is 4.50.